The number of carbonyl (C=O) groups excluding carboxylic acids is 2. The second kappa shape index (κ2) is 7.81. The number of anilines is 1. The van der Waals surface area contributed by atoms with E-state index in [1.54, 1.807) is 0 Å². The smallest absolute Gasteiger partial charge is 0.303 e. The van der Waals surface area contributed by atoms with E-state index in [-0.39, 0.29) is 33.0 Å². The number of amides is 1. The minimum atomic E-state index is -1.17. The number of aliphatic carboxylic acids is 1. The first-order valence-electron chi connectivity index (χ1n) is 6.66. The lowest BCUT2D eigenvalue weighted by molar-refractivity contribution is -0.137. The van der Waals surface area contributed by atoms with E-state index in [9.17, 15) is 18.8 Å². The van der Waals surface area contributed by atoms with E-state index in [1.165, 1.54) is 6.07 Å². The van der Waals surface area contributed by atoms with Gasteiger partial charge in [-0.05, 0) is 18.2 Å². The standard InChI is InChI=1S/C14H9Cl3FN3O4/c15-7-5-6(18)1-2-8(7)19-14(25)12-11(16)13(17)21(20-12)9(22)3-4-10(23)24/h1-2,5H,3-4H2,(H,19,25)(H,23,24). The Balaban J connectivity index is 2.24. The fraction of sp³-hybridized carbons (Fsp3) is 0.143. The fourth-order valence-corrected chi connectivity index (χ4v) is 2.42. The number of carboxylic acid groups (broad SMARTS) is 1. The fourth-order valence-electron chi connectivity index (χ4n) is 1.78. The van der Waals surface area contributed by atoms with Gasteiger partial charge in [0.05, 0.1) is 17.1 Å². The normalized spacial score (nSPS) is 10.6. The van der Waals surface area contributed by atoms with Crippen LogP contribution in [-0.2, 0) is 4.79 Å². The van der Waals surface area contributed by atoms with Crippen molar-refractivity contribution in [3.8, 4) is 0 Å². The summed E-state index contributed by atoms with van der Waals surface area (Å²) in [6.45, 7) is 0. The summed E-state index contributed by atoms with van der Waals surface area (Å²) in [5.74, 6) is -3.33. The van der Waals surface area contributed by atoms with Gasteiger partial charge in [0, 0.05) is 6.42 Å². The van der Waals surface area contributed by atoms with Crippen molar-refractivity contribution in [3.05, 3.63) is 44.9 Å². The van der Waals surface area contributed by atoms with Crippen LogP contribution >= 0.6 is 34.8 Å². The van der Waals surface area contributed by atoms with Crippen molar-refractivity contribution >= 4 is 58.3 Å². The molecule has 11 heteroatoms. The molecular weight excluding hydrogens is 400 g/mol. The third kappa shape index (κ3) is 4.47. The molecule has 0 aliphatic heterocycles. The molecule has 132 valence electrons. The molecule has 0 unspecified atom stereocenters. The van der Waals surface area contributed by atoms with Crippen molar-refractivity contribution < 1.29 is 23.9 Å². The summed E-state index contributed by atoms with van der Waals surface area (Å²) in [5, 5.41) is 14.0. The van der Waals surface area contributed by atoms with Crippen LogP contribution in [0.25, 0.3) is 0 Å². The predicted octanol–water partition coefficient (Wildman–Crippen LogP) is 3.74. The van der Waals surface area contributed by atoms with Crippen molar-refractivity contribution in [1.82, 2.24) is 9.78 Å². The molecule has 1 amide bonds. The zero-order valence-corrected chi connectivity index (χ0v) is 14.5. The van der Waals surface area contributed by atoms with Gasteiger partial charge >= 0.3 is 5.97 Å². The largest absolute Gasteiger partial charge is 0.481 e. The number of hydrogen-bond donors (Lipinski definition) is 2. The van der Waals surface area contributed by atoms with Crippen LogP contribution in [0.5, 0.6) is 0 Å². The Morgan fingerprint density at radius 1 is 1.20 bits per heavy atom. The number of nitrogens with one attached hydrogen (secondary N) is 1. The summed E-state index contributed by atoms with van der Waals surface area (Å²) in [7, 11) is 0. The van der Waals surface area contributed by atoms with Crippen molar-refractivity contribution in [2.24, 2.45) is 0 Å². The van der Waals surface area contributed by atoms with Gasteiger partial charge in [-0.1, -0.05) is 34.8 Å². The maximum atomic E-state index is 13.0. The number of hydrogen-bond acceptors (Lipinski definition) is 4. The topological polar surface area (TPSA) is 101 Å². The summed E-state index contributed by atoms with van der Waals surface area (Å²) in [6.07, 6.45) is -0.808. The summed E-state index contributed by atoms with van der Waals surface area (Å²) in [5.41, 5.74) is -0.261. The monoisotopic (exact) mass is 407 g/mol. The number of aromatic nitrogens is 2. The summed E-state index contributed by atoms with van der Waals surface area (Å²) < 4.78 is 13.7. The molecule has 1 aromatic heterocycles. The highest BCUT2D eigenvalue weighted by Gasteiger charge is 2.24. The van der Waals surface area contributed by atoms with Crippen molar-refractivity contribution in [3.63, 3.8) is 0 Å². The molecule has 0 atom stereocenters. The minimum absolute atomic E-state index is 0.0486. The molecular formula is C14H9Cl3FN3O4. The summed E-state index contributed by atoms with van der Waals surface area (Å²) >= 11 is 17.6. The van der Waals surface area contributed by atoms with Gasteiger partial charge in [0.1, 0.15) is 10.8 Å². The third-order valence-corrected chi connectivity index (χ3v) is 4.07. The zero-order valence-electron chi connectivity index (χ0n) is 12.2. The lowest BCUT2D eigenvalue weighted by atomic mass is 10.3. The quantitative estimate of drug-likeness (QED) is 0.785. The lowest BCUT2D eigenvalue weighted by Gasteiger charge is -2.05. The SMILES string of the molecule is O=C(O)CCC(=O)n1nc(C(=O)Nc2ccc(F)cc2Cl)c(Cl)c1Cl. The van der Waals surface area contributed by atoms with Crippen LogP contribution in [0, 0.1) is 5.82 Å². The van der Waals surface area contributed by atoms with Gasteiger partial charge in [-0.15, -0.1) is 0 Å². The van der Waals surface area contributed by atoms with Gasteiger partial charge < -0.3 is 10.4 Å². The number of rotatable bonds is 5. The van der Waals surface area contributed by atoms with Crippen LogP contribution in [0.4, 0.5) is 10.1 Å². The summed E-state index contributed by atoms with van der Waals surface area (Å²) in [6, 6.07) is 3.32. The molecule has 1 heterocycles. The molecule has 0 bridgehead atoms. The average molecular weight is 409 g/mol. The van der Waals surface area contributed by atoms with Gasteiger partial charge in [-0.3, -0.25) is 14.4 Å². The first-order chi connectivity index (χ1) is 11.7. The van der Waals surface area contributed by atoms with E-state index in [4.69, 9.17) is 39.9 Å². The van der Waals surface area contributed by atoms with Gasteiger partial charge in [-0.2, -0.15) is 9.78 Å². The van der Waals surface area contributed by atoms with Crippen LogP contribution in [0.1, 0.15) is 28.1 Å². The van der Waals surface area contributed by atoms with Gasteiger partial charge in [0.15, 0.2) is 10.8 Å². The highest BCUT2D eigenvalue weighted by atomic mass is 35.5. The first-order valence-corrected chi connectivity index (χ1v) is 7.79. The van der Waals surface area contributed by atoms with Crippen LogP contribution in [0.2, 0.25) is 15.2 Å². The van der Waals surface area contributed by atoms with E-state index in [2.05, 4.69) is 10.4 Å². The second-order valence-electron chi connectivity index (χ2n) is 4.73. The Morgan fingerprint density at radius 3 is 2.48 bits per heavy atom. The number of carboxylic acids is 1. The molecule has 0 fully saturated rings. The Labute approximate surface area is 155 Å². The Bertz CT molecular complexity index is 869. The Hall–Kier alpha value is -2.16. The van der Waals surface area contributed by atoms with Crippen molar-refractivity contribution in [1.29, 1.82) is 0 Å². The summed E-state index contributed by atoms with van der Waals surface area (Å²) in [4.78, 5) is 34.7. The first kappa shape index (κ1) is 19.2. The minimum Gasteiger partial charge on any atom is -0.481 e. The van der Waals surface area contributed by atoms with Crippen LogP contribution in [-0.4, -0.2) is 32.7 Å². The van der Waals surface area contributed by atoms with Crippen LogP contribution < -0.4 is 5.32 Å². The van der Waals surface area contributed by atoms with Crippen LogP contribution in [0.15, 0.2) is 18.2 Å². The van der Waals surface area contributed by atoms with Gasteiger partial charge in [-0.25, -0.2) is 4.39 Å². The molecule has 0 spiro atoms. The number of benzene rings is 1. The van der Waals surface area contributed by atoms with E-state index < -0.39 is 30.0 Å². The molecule has 0 radical (unpaired) electrons. The zero-order chi connectivity index (χ0) is 18.7. The number of carbonyl (C=O) groups is 3. The molecule has 0 saturated carbocycles. The molecule has 7 nitrogen and oxygen atoms in total. The maximum absolute atomic E-state index is 13.0. The molecule has 2 aromatic rings. The number of halogens is 4. The highest BCUT2D eigenvalue weighted by Crippen LogP contribution is 2.28. The highest BCUT2D eigenvalue weighted by molar-refractivity contribution is 6.44. The van der Waals surface area contributed by atoms with Crippen molar-refractivity contribution in [2.75, 3.05) is 5.32 Å². The van der Waals surface area contributed by atoms with E-state index >= 15 is 0 Å². The molecule has 0 aliphatic carbocycles. The van der Waals surface area contributed by atoms with Crippen molar-refractivity contribution in [2.45, 2.75) is 12.8 Å². The predicted molar refractivity (Wildman–Crippen MR) is 89.1 cm³/mol. The molecule has 2 rings (SSSR count). The average Bonchev–Trinajstić information content (AvgIpc) is 2.84. The molecule has 25 heavy (non-hydrogen) atoms. The maximum Gasteiger partial charge on any atom is 0.303 e. The van der Waals surface area contributed by atoms with E-state index in [0.29, 0.717) is 4.68 Å². The van der Waals surface area contributed by atoms with Gasteiger partial charge in [0.2, 0.25) is 5.91 Å². The van der Waals surface area contributed by atoms with Gasteiger partial charge in [0.25, 0.3) is 5.91 Å². The molecule has 2 N–H and O–H groups in total. The van der Waals surface area contributed by atoms with Crippen LogP contribution in [0.3, 0.4) is 0 Å². The lowest BCUT2D eigenvalue weighted by Crippen LogP contribution is -2.17. The third-order valence-electron chi connectivity index (χ3n) is 2.96. The number of nitrogens with zero attached hydrogens (tertiary/aromatic N) is 2. The Kier molecular flexibility index (Phi) is 5.99. The molecule has 0 aliphatic rings. The Morgan fingerprint density at radius 2 is 1.88 bits per heavy atom. The molecule has 1 aromatic carbocycles. The molecule has 0 saturated heterocycles. The van der Waals surface area contributed by atoms with E-state index in [0.717, 1.165) is 12.1 Å². The van der Waals surface area contributed by atoms with E-state index in [1.807, 2.05) is 0 Å². The second-order valence-corrected chi connectivity index (χ2v) is 5.87.